The Morgan fingerprint density at radius 2 is 1.96 bits per heavy atom. The van der Waals surface area contributed by atoms with E-state index >= 15 is 0 Å². The highest BCUT2D eigenvalue weighted by Gasteiger charge is 2.46. The van der Waals surface area contributed by atoms with E-state index in [1.807, 2.05) is 6.08 Å². The van der Waals surface area contributed by atoms with Crippen LogP contribution in [0.3, 0.4) is 0 Å². The zero-order valence-electron chi connectivity index (χ0n) is 15.1. The minimum Gasteiger partial charge on any atom is -0.512 e. The first-order valence-electron chi connectivity index (χ1n) is 10.0. The van der Waals surface area contributed by atoms with Crippen molar-refractivity contribution in [1.29, 1.82) is 0 Å². The van der Waals surface area contributed by atoms with Gasteiger partial charge in [0, 0.05) is 12.3 Å². The van der Waals surface area contributed by atoms with Gasteiger partial charge in [0.1, 0.15) is 0 Å². The van der Waals surface area contributed by atoms with Gasteiger partial charge in [-0.1, -0.05) is 37.3 Å². The Hall–Kier alpha value is -1.29. The maximum absolute atomic E-state index is 10.6. The largest absolute Gasteiger partial charge is 0.512 e. The molecule has 0 radical (unpaired) electrons. The minimum absolute atomic E-state index is 0.112. The van der Waals surface area contributed by atoms with E-state index in [1.165, 1.54) is 31.3 Å². The SMILES string of the molecule is O=C(O)CCCCC1=CC2C[C@@H](O)[C@H](C(O)=CCC3CCCC3)C2C1. The average Bonchev–Trinajstić information content (AvgIpc) is 3.25. The van der Waals surface area contributed by atoms with Gasteiger partial charge in [0.2, 0.25) is 0 Å². The zero-order valence-corrected chi connectivity index (χ0v) is 15.1. The monoisotopic (exact) mass is 348 g/mol. The molecule has 0 aromatic rings. The molecular weight excluding hydrogens is 316 g/mol. The van der Waals surface area contributed by atoms with Gasteiger partial charge in [0.15, 0.2) is 0 Å². The number of aliphatic hydroxyl groups is 2. The first-order chi connectivity index (χ1) is 12.0. The maximum atomic E-state index is 10.6. The summed E-state index contributed by atoms with van der Waals surface area (Å²) in [5.74, 6) is 0.980. The summed E-state index contributed by atoms with van der Waals surface area (Å²) in [6.07, 6.45) is 14.5. The molecule has 0 saturated heterocycles. The standard InChI is InChI=1S/C21H32O4/c22-18(10-9-14-5-1-2-6-14)21-17-12-15(7-3-4-8-20(24)25)11-16(17)13-19(21)23/h10-11,14,16-17,19,21-23H,1-9,12-13H2,(H,24,25)/t16?,17?,19-,21+/m1/s1. The van der Waals surface area contributed by atoms with Crippen molar-refractivity contribution in [2.24, 2.45) is 23.7 Å². The van der Waals surface area contributed by atoms with Crippen molar-refractivity contribution >= 4 is 5.97 Å². The second kappa shape index (κ2) is 8.39. The summed E-state index contributed by atoms with van der Waals surface area (Å²) >= 11 is 0. The summed E-state index contributed by atoms with van der Waals surface area (Å²) in [6.45, 7) is 0. The number of aliphatic hydroxyl groups excluding tert-OH is 2. The van der Waals surface area contributed by atoms with Crippen LogP contribution in [0.5, 0.6) is 0 Å². The van der Waals surface area contributed by atoms with Gasteiger partial charge < -0.3 is 15.3 Å². The Labute approximate surface area is 150 Å². The molecule has 140 valence electrons. The van der Waals surface area contributed by atoms with E-state index in [1.54, 1.807) is 0 Å². The average molecular weight is 348 g/mol. The van der Waals surface area contributed by atoms with Crippen molar-refractivity contribution in [3.05, 3.63) is 23.5 Å². The third-order valence-corrected chi connectivity index (χ3v) is 6.50. The second-order valence-electron chi connectivity index (χ2n) is 8.30. The number of aliphatic carboxylic acids is 1. The second-order valence-corrected chi connectivity index (χ2v) is 8.30. The van der Waals surface area contributed by atoms with Crippen molar-refractivity contribution in [2.75, 3.05) is 0 Å². The van der Waals surface area contributed by atoms with Gasteiger partial charge in [-0.05, 0) is 62.4 Å². The quantitative estimate of drug-likeness (QED) is 0.340. The van der Waals surface area contributed by atoms with Crippen LogP contribution in [0.2, 0.25) is 0 Å². The van der Waals surface area contributed by atoms with Gasteiger partial charge in [0.05, 0.1) is 11.9 Å². The van der Waals surface area contributed by atoms with Crippen molar-refractivity contribution in [3.63, 3.8) is 0 Å². The Kier molecular flexibility index (Phi) is 6.21. The fourth-order valence-corrected chi connectivity index (χ4v) is 5.20. The molecule has 0 heterocycles. The molecule has 25 heavy (non-hydrogen) atoms. The van der Waals surface area contributed by atoms with E-state index in [0.717, 1.165) is 38.5 Å². The van der Waals surface area contributed by atoms with Crippen LogP contribution >= 0.6 is 0 Å². The van der Waals surface area contributed by atoms with Crippen LogP contribution in [-0.2, 0) is 4.79 Å². The third-order valence-electron chi connectivity index (χ3n) is 6.50. The van der Waals surface area contributed by atoms with E-state index in [0.29, 0.717) is 23.5 Å². The van der Waals surface area contributed by atoms with Crippen molar-refractivity contribution in [3.8, 4) is 0 Å². The predicted octanol–water partition coefficient (Wildman–Crippen LogP) is 4.60. The molecule has 2 unspecified atom stereocenters. The summed E-state index contributed by atoms with van der Waals surface area (Å²) in [6, 6.07) is 0. The molecule has 3 rings (SSSR count). The molecule has 0 aromatic heterocycles. The maximum Gasteiger partial charge on any atom is 0.303 e. The van der Waals surface area contributed by atoms with Crippen LogP contribution in [0, 0.1) is 23.7 Å². The molecular formula is C21H32O4. The fourth-order valence-electron chi connectivity index (χ4n) is 5.20. The molecule has 0 aromatic carbocycles. The molecule has 0 bridgehead atoms. The summed E-state index contributed by atoms with van der Waals surface area (Å²) in [7, 11) is 0. The molecule has 3 N–H and O–H groups in total. The summed E-state index contributed by atoms with van der Waals surface area (Å²) in [5, 5.41) is 29.7. The molecule has 0 amide bonds. The van der Waals surface area contributed by atoms with E-state index in [2.05, 4.69) is 6.08 Å². The van der Waals surface area contributed by atoms with Gasteiger partial charge >= 0.3 is 5.97 Å². The van der Waals surface area contributed by atoms with Crippen LogP contribution in [0.4, 0.5) is 0 Å². The zero-order chi connectivity index (χ0) is 17.8. The number of unbranched alkanes of at least 4 members (excludes halogenated alkanes) is 1. The number of hydrogen-bond acceptors (Lipinski definition) is 3. The van der Waals surface area contributed by atoms with Gasteiger partial charge in [-0.3, -0.25) is 4.79 Å². The predicted molar refractivity (Wildman–Crippen MR) is 97.2 cm³/mol. The van der Waals surface area contributed by atoms with E-state index < -0.39 is 12.1 Å². The van der Waals surface area contributed by atoms with Gasteiger partial charge in [-0.25, -0.2) is 0 Å². The Morgan fingerprint density at radius 1 is 1.20 bits per heavy atom. The highest BCUT2D eigenvalue weighted by atomic mass is 16.4. The number of carbonyl (C=O) groups is 1. The summed E-state index contributed by atoms with van der Waals surface area (Å²) in [5.41, 5.74) is 1.39. The molecule has 3 aliphatic rings. The number of allylic oxidation sites excluding steroid dienone is 3. The van der Waals surface area contributed by atoms with Crippen LogP contribution in [0.15, 0.2) is 23.5 Å². The van der Waals surface area contributed by atoms with Gasteiger partial charge in [-0.2, -0.15) is 0 Å². The van der Waals surface area contributed by atoms with Crippen molar-refractivity contribution in [1.82, 2.24) is 0 Å². The van der Waals surface area contributed by atoms with Crippen LogP contribution in [-0.4, -0.2) is 27.4 Å². The molecule has 4 heteroatoms. The summed E-state index contributed by atoms with van der Waals surface area (Å²) in [4.78, 5) is 10.6. The van der Waals surface area contributed by atoms with Crippen LogP contribution in [0.1, 0.15) is 70.6 Å². The van der Waals surface area contributed by atoms with Gasteiger partial charge in [-0.15, -0.1) is 0 Å². The Bertz CT molecular complexity index is 530. The van der Waals surface area contributed by atoms with Crippen molar-refractivity contribution in [2.45, 2.75) is 76.7 Å². The first-order valence-corrected chi connectivity index (χ1v) is 10.0. The normalized spacial score (nSPS) is 32.8. The lowest BCUT2D eigenvalue weighted by molar-refractivity contribution is -0.137. The molecule has 2 saturated carbocycles. The van der Waals surface area contributed by atoms with E-state index in [9.17, 15) is 15.0 Å². The van der Waals surface area contributed by atoms with E-state index in [4.69, 9.17) is 5.11 Å². The van der Waals surface area contributed by atoms with Crippen LogP contribution in [0.25, 0.3) is 0 Å². The minimum atomic E-state index is -0.724. The highest BCUT2D eigenvalue weighted by Crippen LogP contribution is 2.49. The number of rotatable bonds is 8. The number of hydrogen-bond donors (Lipinski definition) is 3. The fraction of sp³-hybridized carbons (Fsp3) is 0.762. The topological polar surface area (TPSA) is 77.8 Å². The molecule has 0 spiro atoms. The Balaban J connectivity index is 1.51. The molecule has 4 nitrogen and oxygen atoms in total. The van der Waals surface area contributed by atoms with Crippen LogP contribution < -0.4 is 0 Å². The van der Waals surface area contributed by atoms with E-state index in [-0.39, 0.29) is 12.3 Å². The lowest BCUT2D eigenvalue weighted by Crippen LogP contribution is -2.22. The molecule has 3 aliphatic carbocycles. The highest BCUT2D eigenvalue weighted by molar-refractivity contribution is 5.66. The number of carboxylic acids is 1. The summed E-state index contributed by atoms with van der Waals surface area (Å²) < 4.78 is 0. The first kappa shape index (κ1) is 18.5. The Morgan fingerprint density at radius 3 is 2.68 bits per heavy atom. The lowest BCUT2D eigenvalue weighted by Gasteiger charge is -2.21. The number of fused-ring (bicyclic) bond motifs is 1. The molecule has 4 atom stereocenters. The molecule has 0 aliphatic heterocycles. The third kappa shape index (κ3) is 4.66. The van der Waals surface area contributed by atoms with Gasteiger partial charge in [0.25, 0.3) is 0 Å². The lowest BCUT2D eigenvalue weighted by atomic mass is 9.87. The number of carboxylic acid groups (broad SMARTS) is 1. The smallest absolute Gasteiger partial charge is 0.303 e. The molecule has 2 fully saturated rings. The van der Waals surface area contributed by atoms with Crippen molar-refractivity contribution < 1.29 is 20.1 Å².